The van der Waals surface area contributed by atoms with Gasteiger partial charge in [-0.2, -0.15) is 0 Å². The highest BCUT2D eigenvalue weighted by Gasteiger charge is 2.32. The second-order valence-electron chi connectivity index (χ2n) is 9.58. The number of hydrogen-bond acceptors (Lipinski definition) is 6. The molecular weight excluding hydrogens is 526 g/mol. The summed E-state index contributed by atoms with van der Waals surface area (Å²) in [5.74, 6) is -2.09. The van der Waals surface area contributed by atoms with Crippen LogP contribution in [0.4, 0.5) is 0 Å². The van der Waals surface area contributed by atoms with E-state index in [0.29, 0.717) is 30.6 Å². The Morgan fingerprint density at radius 2 is 1.78 bits per heavy atom. The summed E-state index contributed by atoms with van der Waals surface area (Å²) in [6.07, 6.45) is 4.40. The van der Waals surface area contributed by atoms with Crippen molar-refractivity contribution in [2.45, 2.75) is 58.6 Å². The van der Waals surface area contributed by atoms with E-state index < -0.39 is 23.8 Å². The van der Waals surface area contributed by atoms with Crippen LogP contribution in [0.5, 0.6) is 0 Å². The fourth-order valence-electron chi connectivity index (χ4n) is 4.53. The molecule has 3 aromatic rings. The zero-order valence-electron chi connectivity index (χ0n) is 23.4. The van der Waals surface area contributed by atoms with E-state index >= 15 is 0 Å². The van der Waals surface area contributed by atoms with Gasteiger partial charge in [-0.05, 0) is 42.7 Å². The molecule has 2 aromatic carbocycles. The first-order valence-electron chi connectivity index (χ1n) is 13.8. The molecule has 0 radical (unpaired) electrons. The SMILES string of the molecule is CCCCC[C@@H](C(=O)NCNC(=O)c1ccc(-c2cccc(C(=O)O)c2)o1)[C@@H](CC)N(C=O)OCc1ccccc1. The highest BCUT2D eigenvalue weighted by Crippen LogP contribution is 2.24. The van der Waals surface area contributed by atoms with Crippen molar-refractivity contribution in [2.75, 3.05) is 6.67 Å². The van der Waals surface area contributed by atoms with Crippen molar-refractivity contribution >= 4 is 24.2 Å². The van der Waals surface area contributed by atoms with E-state index in [2.05, 4.69) is 17.6 Å². The number of hydrogen-bond donors (Lipinski definition) is 3. The maximum absolute atomic E-state index is 13.3. The summed E-state index contributed by atoms with van der Waals surface area (Å²) in [6, 6.07) is 18.2. The first kappa shape index (κ1) is 31.1. The van der Waals surface area contributed by atoms with Gasteiger partial charge in [0.05, 0.1) is 24.2 Å². The van der Waals surface area contributed by atoms with Gasteiger partial charge in [-0.15, -0.1) is 0 Å². The molecule has 218 valence electrons. The van der Waals surface area contributed by atoms with Crippen LogP contribution in [0, 0.1) is 5.92 Å². The van der Waals surface area contributed by atoms with Crippen molar-refractivity contribution in [3.05, 3.63) is 83.6 Å². The van der Waals surface area contributed by atoms with E-state index in [0.717, 1.165) is 24.8 Å². The Bertz CT molecular complexity index is 1290. The predicted molar refractivity (Wildman–Crippen MR) is 152 cm³/mol. The largest absolute Gasteiger partial charge is 0.478 e. The lowest BCUT2D eigenvalue weighted by atomic mass is 9.90. The summed E-state index contributed by atoms with van der Waals surface area (Å²) >= 11 is 0. The number of nitrogens with zero attached hydrogens (tertiary/aromatic N) is 1. The second-order valence-corrected chi connectivity index (χ2v) is 9.58. The van der Waals surface area contributed by atoms with Gasteiger partial charge in [0, 0.05) is 5.56 Å². The van der Waals surface area contributed by atoms with Crippen molar-refractivity contribution in [3.8, 4) is 11.3 Å². The molecule has 0 aliphatic heterocycles. The molecule has 1 heterocycles. The highest BCUT2D eigenvalue weighted by molar-refractivity contribution is 5.93. The molecular formula is C31H37N3O7. The molecule has 0 fully saturated rings. The van der Waals surface area contributed by atoms with Crippen LogP contribution in [-0.4, -0.2) is 47.1 Å². The molecule has 2 atom stereocenters. The Balaban J connectivity index is 1.61. The zero-order chi connectivity index (χ0) is 29.6. The summed E-state index contributed by atoms with van der Waals surface area (Å²) in [6.45, 7) is 4.02. The van der Waals surface area contributed by atoms with Gasteiger partial charge in [-0.3, -0.25) is 19.2 Å². The molecule has 3 rings (SSSR count). The lowest BCUT2D eigenvalue weighted by Crippen LogP contribution is -2.48. The van der Waals surface area contributed by atoms with Crippen LogP contribution in [-0.2, 0) is 21.0 Å². The van der Waals surface area contributed by atoms with Gasteiger partial charge in [0.15, 0.2) is 5.76 Å². The van der Waals surface area contributed by atoms with Gasteiger partial charge in [-0.1, -0.05) is 75.6 Å². The Kier molecular flexibility index (Phi) is 12.1. The molecule has 0 bridgehead atoms. The fraction of sp³-hybridized carbons (Fsp3) is 0.355. The van der Waals surface area contributed by atoms with Crippen molar-refractivity contribution in [3.63, 3.8) is 0 Å². The third kappa shape index (κ3) is 9.04. The maximum atomic E-state index is 13.3. The third-order valence-electron chi connectivity index (χ3n) is 6.73. The Morgan fingerprint density at radius 3 is 2.46 bits per heavy atom. The van der Waals surface area contributed by atoms with E-state index in [9.17, 15) is 24.3 Å². The first-order chi connectivity index (χ1) is 19.9. The maximum Gasteiger partial charge on any atom is 0.335 e. The summed E-state index contributed by atoms with van der Waals surface area (Å²) in [7, 11) is 0. The number of amides is 3. The average Bonchev–Trinajstić information content (AvgIpc) is 3.49. The number of hydroxylamine groups is 2. The molecule has 0 saturated carbocycles. The van der Waals surface area contributed by atoms with E-state index in [4.69, 9.17) is 9.25 Å². The van der Waals surface area contributed by atoms with Gasteiger partial charge in [-0.25, -0.2) is 9.86 Å². The number of carboxylic acids is 1. The number of rotatable bonds is 17. The highest BCUT2D eigenvalue weighted by atomic mass is 16.7. The number of carbonyl (C=O) groups excluding carboxylic acids is 3. The molecule has 41 heavy (non-hydrogen) atoms. The number of nitrogens with one attached hydrogen (secondary N) is 2. The predicted octanol–water partition coefficient (Wildman–Crippen LogP) is 5.01. The molecule has 0 unspecified atom stereocenters. The fourth-order valence-corrected chi connectivity index (χ4v) is 4.53. The minimum atomic E-state index is -1.07. The number of carbonyl (C=O) groups is 4. The number of furan rings is 1. The minimum absolute atomic E-state index is 0.0161. The van der Waals surface area contributed by atoms with Gasteiger partial charge < -0.3 is 20.2 Å². The van der Waals surface area contributed by atoms with Gasteiger partial charge in [0.2, 0.25) is 12.3 Å². The van der Waals surface area contributed by atoms with Crippen LogP contribution >= 0.6 is 0 Å². The second kappa shape index (κ2) is 16.0. The number of unbranched alkanes of at least 4 members (excludes halogenated alkanes) is 2. The number of carboxylic acid groups (broad SMARTS) is 1. The van der Waals surface area contributed by atoms with Crippen molar-refractivity contribution in [1.82, 2.24) is 15.7 Å². The van der Waals surface area contributed by atoms with E-state index in [1.165, 1.54) is 23.3 Å². The van der Waals surface area contributed by atoms with E-state index in [1.807, 2.05) is 37.3 Å². The average molecular weight is 564 g/mol. The topological polar surface area (TPSA) is 138 Å². The van der Waals surface area contributed by atoms with Gasteiger partial charge >= 0.3 is 5.97 Å². The summed E-state index contributed by atoms with van der Waals surface area (Å²) in [4.78, 5) is 55.0. The minimum Gasteiger partial charge on any atom is -0.478 e. The summed E-state index contributed by atoms with van der Waals surface area (Å²) in [5.41, 5.74) is 1.52. The van der Waals surface area contributed by atoms with Crippen LogP contribution in [0.1, 0.15) is 72.4 Å². The molecule has 3 N–H and O–H groups in total. The molecule has 10 nitrogen and oxygen atoms in total. The summed E-state index contributed by atoms with van der Waals surface area (Å²) in [5, 5.41) is 15.8. The van der Waals surface area contributed by atoms with Crippen LogP contribution in [0.15, 0.2) is 71.1 Å². The van der Waals surface area contributed by atoms with Crippen molar-refractivity contribution in [2.24, 2.45) is 5.92 Å². The molecule has 0 saturated heterocycles. The lowest BCUT2D eigenvalue weighted by Gasteiger charge is -2.32. The molecule has 10 heteroatoms. The van der Waals surface area contributed by atoms with E-state index in [1.54, 1.807) is 18.2 Å². The molecule has 1 aromatic heterocycles. The van der Waals surface area contributed by atoms with Gasteiger partial charge in [0.1, 0.15) is 12.4 Å². The Hall–Kier alpha value is -4.44. The monoisotopic (exact) mass is 563 g/mol. The standard InChI is InChI=1S/C31H37N3O7/c1-3-5-7-15-25(26(4-2)34(21-35)40-19-22-11-8-6-9-12-22)29(36)32-20-33-30(37)28-17-16-27(41-28)23-13-10-14-24(18-23)31(38)39/h6,8-14,16-18,21,25-26H,3-5,7,15,19-20H2,1-2H3,(H,32,36)(H,33,37)(H,38,39)/t25-,26-/m1/s1. The van der Waals surface area contributed by atoms with Crippen molar-refractivity contribution < 1.29 is 33.5 Å². The van der Waals surface area contributed by atoms with Crippen LogP contribution in [0.2, 0.25) is 0 Å². The number of aromatic carboxylic acids is 1. The van der Waals surface area contributed by atoms with Crippen LogP contribution in [0.25, 0.3) is 11.3 Å². The summed E-state index contributed by atoms with van der Waals surface area (Å²) < 4.78 is 5.62. The molecule has 0 spiro atoms. The quantitative estimate of drug-likeness (QED) is 0.0908. The Morgan fingerprint density at radius 1 is 1.00 bits per heavy atom. The zero-order valence-corrected chi connectivity index (χ0v) is 23.4. The van der Waals surface area contributed by atoms with Crippen molar-refractivity contribution in [1.29, 1.82) is 0 Å². The first-order valence-corrected chi connectivity index (χ1v) is 13.8. The molecule has 3 amide bonds. The lowest BCUT2D eigenvalue weighted by molar-refractivity contribution is -0.200. The van der Waals surface area contributed by atoms with Crippen LogP contribution in [0.3, 0.4) is 0 Å². The third-order valence-corrected chi connectivity index (χ3v) is 6.73. The van der Waals surface area contributed by atoms with Crippen LogP contribution < -0.4 is 10.6 Å². The number of benzene rings is 2. The smallest absolute Gasteiger partial charge is 0.335 e. The van der Waals surface area contributed by atoms with Gasteiger partial charge in [0.25, 0.3) is 5.91 Å². The normalized spacial score (nSPS) is 12.2. The Labute approximate surface area is 239 Å². The van der Waals surface area contributed by atoms with E-state index in [-0.39, 0.29) is 30.5 Å². The molecule has 0 aliphatic carbocycles. The molecule has 0 aliphatic rings.